The number of hydrogen-bond donors (Lipinski definition) is 2. The van der Waals surface area contributed by atoms with Crippen molar-refractivity contribution >= 4 is 17.8 Å². The molecule has 0 aliphatic rings. The van der Waals surface area contributed by atoms with Gasteiger partial charge < -0.3 is 15.4 Å². The lowest BCUT2D eigenvalue weighted by Crippen LogP contribution is -2.39. The Hall–Kier alpha value is -2.37. The van der Waals surface area contributed by atoms with E-state index >= 15 is 0 Å². The van der Waals surface area contributed by atoms with Crippen molar-refractivity contribution in [1.82, 2.24) is 10.6 Å². The zero-order valence-electron chi connectivity index (χ0n) is 14.5. The molecule has 0 spiro atoms. The molecule has 2 atom stereocenters. The Morgan fingerprint density at radius 2 is 1.71 bits per heavy atom. The van der Waals surface area contributed by atoms with Crippen molar-refractivity contribution in [1.29, 1.82) is 0 Å². The molecule has 0 saturated heterocycles. The normalized spacial score (nSPS) is 12.8. The average Bonchev–Trinajstić information content (AvgIpc) is 2.59. The van der Waals surface area contributed by atoms with Gasteiger partial charge in [0.25, 0.3) is 5.91 Å². The topological polar surface area (TPSA) is 84.5 Å². The second-order valence-corrected chi connectivity index (χ2v) is 5.61. The van der Waals surface area contributed by atoms with Crippen LogP contribution >= 0.6 is 0 Å². The summed E-state index contributed by atoms with van der Waals surface area (Å²) in [7, 11) is 0. The molecule has 0 unspecified atom stereocenters. The van der Waals surface area contributed by atoms with E-state index in [0.717, 1.165) is 12.0 Å². The molecule has 2 amide bonds. The molecule has 0 bridgehead atoms. The van der Waals surface area contributed by atoms with Gasteiger partial charge >= 0.3 is 5.97 Å². The fraction of sp³-hybridized carbons (Fsp3) is 0.500. The first-order valence-corrected chi connectivity index (χ1v) is 8.24. The van der Waals surface area contributed by atoms with Crippen molar-refractivity contribution in [2.24, 2.45) is 5.92 Å². The highest BCUT2D eigenvalue weighted by Crippen LogP contribution is 2.28. The minimum Gasteiger partial charge on any atom is -0.455 e. The van der Waals surface area contributed by atoms with Crippen LogP contribution in [-0.2, 0) is 19.1 Å². The van der Waals surface area contributed by atoms with Gasteiger partial charge in [0.05, 0.1) is 12.5 Å². The summed E-state index contributed by atoms with van der Waals surface area (Å²) < 4.78 is 5.15. The van der Waals surface area contributed by atoms with E-state index in [9.17, 15) is 14.4 Å². The van der Waals surface area contributed by atoms with Gasteiger partial charge in [-0.3, -0.25) is 14.4 Å². The molecule has 6 nitrogen and oxygen atoms in total. The Balaban J connectivity index is 2.57. The molecule has 0 aromatic heterocycles. The van der Waals surface area contributed by atoms with E-state index in [-0.39, 0.29) is 18.4 Å². The fourth-order valence-corrected chi connectivity index (χ4v) is 2.31. The largest absolute Gasteiger partial charge is 0.455 e. The van der Waals surface area contributed by atoms with Gasteiger partial charge in [0, 0.05) is 6.54 Å². The molecule has 1 rings (SSSR count). The van der Waals surface area contributed by atoms with Crippen LogP contribution in [0.1, 0.15) is 38.7 Å². The molecular formula is C18H26N2O4. The summed E-state index contributed by atoms with van der Waals surface area (Å²) in [5.41, 5.74) is 0.875. The first kappa shape index (κ1) is 19.7. The summed E-state index contributed by atoms with van der Waals surface area (Å²) in [5.74, 6) is -1.51. The van der Waals surface area contributed by atoms with Crippen molar-refractivity contribution < 1.29 is 19.1 Å². The van der Waals surface area contributed by atoms with Crippen molar-refractivity contribution in [3.05, 3.63) is 35.9 Å². The van der Waals surface area contributed by atoms with E-state index in [2.05, 4.69) is 10.6 Å². The highest BCUT2D eigenvalue weighted by Gasteiger charge is 2.27. The van der Waals surface area contributed by atoms with Crippen LogP contribution in [0, 0.1) is 5.92 Å². The highest BCUT2D eigenvalue weighted by molar-refractivity contribution is 5.87. The maximum atomic E-state index is 12.4. The van der Waals surface area contributed by atoms with Gasteiger partial charge in [-0.05, 0) is 18.4 Å². The van der Waals surface area contributed by atoms with Gasteiger partial charge in [-0.1, -0.05) is 50.6 Å². The lowest BCUT2D eigenvalue weighted by molar-refractivity contribution is -0.151. The molecule has 0 fully saturated rings. The van der Waals surface area contributed by atoms with E-state index in [1.54, 1.807) is 6.92 Å². The van der Waals surface area contributed by atoms with Gasteiger partial charge in [-0.25, -0.2) is 0 Å². The minimum absolute atomic E-state index is 0.0956. The van der Waals surface area contributed by atoms with Crippen molar-refractivity contribution in [2.75, 3.05) is 19.7 Å². The Kier molecular flexibility index (Phi) is 8.54. The summed E-state index contributed by atoms with van der Waals surface area (Å²) in [5, 5.41) is 4.98. The molecule has 0 aliphatic heterocycles. The summed E-state index contributed by atoms with van der Waals surface area (Å²) in [6.45, 7) is 5.76. The molecule has 6 heteroatoms. The maximum Gasteiger partial charge on any atom is 0.314 e. The predicted molar refractivity (Wildman–Crippen MR) is 91.3 cm³/mol. The number of ether oxygens (including phenoxy) is 1. The van der Waals surface area contributed by atoms with Gasteiger partial charge in [0.1, 0.15) is 0 Å². The van der Waals surface area contributed by atoms with Crippen molar-refractivity contribution in [3.63, 3.8) is 0 Å². The molecule has 0 heterocycles. The van der Waals surface area contributed by atoms with E-state index in [1.165, 1.54) is 0 Å². The number of benzene rings is 1. The SMILES string of the molecule is CCNC(=O)CNC(=O)COC(=O)[C@@H](c1ccccc1)[C@@H](C)CC. The maximum absolute atomic E-state index is 12.4. The number of hydrogen-bond acceptors (Lipinski definition) is 4. The quantitative estimate of drug-likeness (QED) is 0.672. The van der Waals surface area contributed by atoms with E-state index in [1.807, 2.05) is 44.2 Å². The number of rotatable bonds is 9. The zero-order valence-corrected chi connectivity index (χ0v) is 14.5. The van der Waals surface area contributed by atoms with E-state index < -0.39 is 24.4 Å². The first-order valence-electron chi connectivity index (χ1n) is 8.24. The molecule has 1 aromatic carbocycles. The minimum atomic E-state index is -0.495. The number of carbonyl (C=O) groups is 3. The third-order valence-electron chi connectivity index (χ3n) is 3.79. The monoisotopic (exact) mass is 334 g/mol. The van der Waals surface area contributed by atoms with Gasteiger partial charge in [-0.2, -0.15) is 0 Å². The third-order valence-corrected chi connectivity index (χ3v) is 3.79. The molecule has 24 heavy (non-hydrogen) atoms. The van der Waals surface area contributed by atoms with Crippen LogP contribution < -0.4 is 10.6 Å². The Bertz CT molecular complexity index is 545. The molecule has 0 radical (unpaired) electrons. The van der Waals surface area contributed by atoms with Crippen LogP contribution in [0.5, 0.6) is 0 Å². The zero-order chi connectivity index (χ0) is 17.9. The van der Waals surface area contributed by atoms with Gasteiger partial charge in [0.2, 0.25) is 5.91 Å². The lowest BCUT2D eigenvalue weighted by Gasteiger charge is -2.21. The van der Waals surface area contributed by atoms with Crippen LogP contribution in [0.25, 0.3) is 0 Å². The molecular weight excluding hydrogens is 308 g/mol. The average molecular weight is 334 g/mol. The number of likely N-dealkylation sites (N-methyl/N-ethyl adjacent to an activating group) is 1. The van der Waals surface area contributed by atoms with E-state index in [4.69, 9.17) is 4.74 Å². The van der Waals surface area contributed by atoms with Gasteiger partial charge in [0.15, 0.2) is 6.61 Å². The standard InChI is InChI=1S/C18H26N2O4/c1-4-13(3)17(14-9-7-6-8-10-14)18(23)24-12-16(22)20-11-15(21)19-5-2/h6-10,13,17H,4-5,11-12H2,1-3H3,(H,19,21)(H,20,22)/t13-,17+/m0/s1. The summed E-state index contributed by atoms with van der Waals surface area (Å²) in [6, 6.07) is 9.39. The first-order chi connectivity index (χ1) is 11.5. The summed E-state index contributed by atoms with van der Waals surface area (Å²) >= 11 is 0. The number of carbonyl (C=O) groups excluding carboxylic acids is 3. The number of esters is 1. The molecule has 0 saturated carbocycles. The number of amides is 2. The van der Waals surface area contributed by atoms with Crippen LogP contribution in [0.15, 0.2) is 30.3 Å². The Labute approximate surface area is 143 Å². The number of nitrogens with one attached hydrogen (secondary N) is 2. The second kappa shape index (κ2) is 10.4. The van der Waals surface area contributed by atoms with Gasteiger partial charge in [-0.15, -0.1) is 0 Å². The summed E-state index contributed by atoms with van der Waals surface area (Å²) in [4.78, 5) is 35.4. The van der Waals surface area contributed by atoms with Crippen LogP contribution in [0.2, 0.25) is 0 Å². The van der Waals surface area contributed by atoms with Crippen LogP contribution in [0.3, 0.4) is 0 Å². The lowest BCUT2D eigenvalue weighted by atomic mass is 9.86. The molecule has 132 valence electrons. The van der Waals surface area contributed by atoms with Crippen LogP contribution in [-0.4, -0.2) is 37.5 Å². The molecule has 1 aromatic rings. The Morgan fingerprint density at radius 1 is 1.04 bits per heavy atom. The molecule has 2 N–H and O–H groups in total. The van der Waals surface area contributed by atoms with Crippen molar-refractivity contribution in [3.8, 4) is 0 Å². The van der Waals surface area contributed by atoms with Crippen molar-refractivity contribution in [2.45, 2.75) is 33.1 Å². The predicted octanol–water partition coefficient (Wildman–Crippen LogP) is 1.61. The summed E-state index contributed by atoms with van der Waals surface area (Å²) in [6.07, 6.45) is 0.818. The highest BCUT2D eigenvalue weighted by atomic mass is 16.5. The smallest absolute Gasteiger partial charge is 0.314 e. The van der Waals surface area contributed by atoms with E-state index in [0.29, 0.717) is 6.54 Å². The fourth-order valence-electron chi connectivity index (χ4n) is 2.31. The third kappa shape index (κ3) is 6.40. The second-order valence-electron chi connectivity index (χ2n) is 5.61. The molecule has 0 aliphatic carbocycles. The Morgan fingerprint density at radius 3 is 2.29 bits per heavy atom. The van der Waals surface area contributed by atoms with Crippen LogP contribution in [0.4, 0.5) is 0 Å².